The lowest BCUT2D eigenvalue weighted by molar-refractivity contribution is -0.383. The minimum absolute atomic E-state index is 0.0215. The van der Waals surface area contributed by atoms with Gasteiger partial charge in [0.1, 0.15) is 16.9 Å². The summed E-state index contributed by atoms with van der Waals surface area (Å²) in [7, 11) is 0. The molecule has 8 nitrogen and oxygen atoms in total. The third-order valence-corrected chi connectivity index (χ3v) is 4.90. The molecule has 0 fully saturated rings. The topological polar surface area (TPSA) is 107 Å². The number of nitrogens with zero attached hydrogens (tertiary/aromatic N) is 3. The third kappa shape index (κ3) is 4.04. The minimum atomic E-state index is -0.720. The number of aromatic nitrogens is 2. The van der Waals surface area contributed by atoms with Gasteiger partial charge in [0.25, 0.3) is 17.2 Å². The number of amides is 1. The Morgan fingerprint density at radius 3 is 2.58 bits per heavy atom. The Labute approximate surface area is 176 Å². The lowest BCUT2D eigenvalue weighted by Crippen LogP contribution is -2.30. The van der Waals surface area contributed by atoms with Crippen LogP contribution in [0.5, 0.6) is 0 Å². The maximum Gasteiger partial charge on any atom is 0.292 e. The van der Waals surface area contributed by atoms with Crippen molar-refractivity contribution in [2.45, 2.75) is 13.5 Å². The fourth-order valence-electron chi connectivity index (χ4n) is 3.32. The molecule has 0 radical (unpaired) electrons. The lowest BCUT2D eigenvalue weighted by atomic mass is 10.1. The van der Waals surface area contributed by atoms with Crippen molar-refractivity contribution >= 4 is 28.3 Å². The van der Waals surface area contributed by atoms with Crippen molar-refractivity contribution in [1.29, 1.82) is 0 Å². The molecule has 0 atom stereocenters. The summed E-state index contributed by atoms with van der Waals surface area (Å²) in [6, 6.07) is 18.4. The average molecular weight is 414 g/mol. The van der Waals surface area contributed by atoms with E-state index < -0.39 is 16.4 Å². The highest BCUT2D eigenvalue weighted by Gasteiger charge is 2.20. The number of fused-ring (bicyclic) bond motifs is 1. The van der Waals surface area contributed by atoms with E-state index >= 15 is 0 Å². The lowest BCUT2D eigenvalue weighted by Gasteiger charge is -2.13. The molecule has 2 aromatic carbocycles. The van der Waals surface area contributed by atoms with Gasteiger partial charge in [0, 0.05) is 17.6 Å². The molecule has 1 N–H and O–H groups in total. The molecule has 31 heavy (non-hydrogen) atoms. The first-order valence-electron chi connectivity index (χ1n) is 9.53. The maximum atomic E-state index is 13.2. The molecule has 4 aromatic rings. The van der Waals surface area contributed by atoms with Crippen LogP contribution in [-0.4, -0.2) is 20.4 Å². The van der Waals surface area contributed by atoms with Crippen LogP contribution in [0.25, 0.3) is 11.0 Å². The van der Waals surface area contributed by atoms with E-state index in [1.54, 1.807) is 24.4 Å². The van der Waals surface area contributed by atoms with E-state index in [1.165, 1.54) is 28.8 Å². The molecule has 0 spiro atoms. The third-order valence-electron chi connectivity index (χ3n) is 4.90. The van der Waals surface area contributed by atoms with Crippen molar-refractivity contribution in [1.82, 2.24) is 9.55 Å². The highest BCUT2D eigenvalue weighted by Crippen LogP contribution is 2.24. The monoisotopic (exact) mass is 414 g/mol. The summed E-state index contributed by atoms with van der Waals surface area (Å²) in [6.07, 6.45) is 1.58. The Kier molecular flexibility index (Phi) is 5.28. The standard InChI is InChI=1S/C23H18N4O4/c1-15-8-10-16(11-9-15)14-26-21-17(5-4-12-24-21)13-18(23(26)29)22(28)25-19-6-2-3-7-20(19)27(30)31/h2-13H,14H2,1H3,(H,25,28). The summed E-state index contributed by atoms with van der Waals surface area (Å²) in [6.45, 7) is 2.21. The van der Waals surface area contributed by atoms with Crippen LogP contribution in [0.1, 0.15) is 21.5 Å². The van der Waals surface area contributed by atoms with Gasteiger partial charge in [0.2, 0.25) is 0 Å². The molecule has 1 amide bonds. The number of anilines is 1. The maximum absolute atomic E-state index is 13.2. The number of nitro groups is 1. The smallest absolute Gasteiger partial charge is 0.292 e. The molecule has 0 aliphatic rings. The van der Waals surface area contributed by atoms with Gasteiger partial charge in [0.15, 0.2) is 0 Å². The van der Waals surface area contributed by atoms with Crippen LogP contribution in [-0.2, 0) is 6.54 Å². The van der Waals surface area contributed by atoms with Gasteiger partial charge in [-0.1, -0.05) is 42.0 Å². The second kappa shape index (κ2) is 8.19. The van der Waals surface area contributed by atoms with Crippen LogP contribution in [0.3, 0.4) is 0 Å². The molecule has 2 aromatic heterocycles. The number of rotatable bonds is 5. The van der Waals surface area contributed by atoms with Crippen molar-refractivity contribution in [3.63, 3.8) is 0 Å². The summed E-state index contributed by atoms with van der Waals surface area (Å²) < 4.78 is 1.44. The van der Waals surface area contributed by atoms with Gasteiger partial charge in [0.05, 0.1) is 11.5 Å². The molecule has 0 aliphatic carbocycles. The first-order chi connectivity index (χ1) is 14.9. The number of aryl methyl sites for hydroxylation is 1. The van der Waals surface area contributed by atoms with Crippen LogP contribution in [0.4, 0.5) is 11.4 Å². The molecular weight excluding hydrogens is 396 g/mol. The number of carbonyl (C=O) groups is 1. The zero-order valence-electron chi connectivity index (χ0n) is 16.6. The summed E-state index contributed by atoms with van der Waals surface area (Å²) >= 11 is 0. The second-order valence-corrected chi connectivity index (χ2v) is 7.08. The number of nitro benzene ring substituents is 1. The van der Waals surface area contributed by atoms with E-state index in [9.17, 15) is 19.7 Å². The normalized spacial score (nSPS) is 10.7. The Morgan fingerprint density at radius 2 is 1.84 bits per heavy atom. The van der Waals surface area contributed by atoms with Crippen molar-refractivity contribution in [3.8, 4) is 0 Å². The number of hydrogen-bond acceptors (Lipinski definition) is 5. The Balaban J connectivity index is 1.79. The van der Waals surface area contributed by atoms with E-state index in [-0.39, 0.29) is 23.5 Å². The fourth-order valence-corrected chi connectivity index (χ4v) is 3.32. The van der Waals surface area contributed by atoms with E-state index in [0.29, 0.717) is 11.0 Å². The molecule has 154 valence electrons. The first-order valence-corrected chi connectivity index (χ1v) is 9.53. The summed E-state index contributed by atoms with van der Waals surface area (Å²) in [5.41, 5.74) is 1.56. The summed E-state index contributed by atoms with van der Waals surface area (Å²) in [5, 5.41) is 14.4. The van der Waals surface area contributed by atoms with Crippen molar-refractivity contribution in [2.24, 2.45) is 0 Å². The molecular formula is C23H18N4O4. The highest BCUT2D eigenvalue weighted by molar-refractivity contribution is 6.06. The van der Waals surface area contributed by atoms with Gasteiger partial charge in [-0.2, -0.15) is 0 Å². The Hall–Kier alpha value is -4.33. The van der Waals surface area contributed by atoms with Gasteiger partial charge < -0.3 is 5.32 Å². The predicted molar refractivity (Wildman–Crippen MR) is 117 cm³/mol. The van der Waals surface area contributed by atoms with Crippen molar-refractivity contribution < 1.29 is 9.72 Å². The zero-order valence-corrected chi connectivity index (χ0v) is 16.6. The number of benzene rings is 2. The van der Waals surface area contributed by atoms with Crippen LogP contribution >= 0.6 is 0 Å². The minimum Gasteiger partial charge on any atom is -0.316 e. The average Bonchev–Trinajstić information content (AvgIpc) is 2.77. The summed E-state index contributed by atoms with van der Waals surface area (Å²) in [5.74, 6) is -0.720. The number of hydrogen-bond donors (Lipinski definition) is 1. The summed E-state index contributed by atoms with van der Waals surface area (Å²) in [4.78, 5) is 41.1. The van der Waals surface area contributed by atoms with E-state index in [4.69, 9.17) is 0 Å². The zero-order chi connectivity index (χ0) is 22.0. The van der Waals surface area contributed by atoms with Gasteiger partial charge in [-0.25, -0.2) is 4.98 Å². The van der Waals surface area contributed by atoms with Gasteiger partial charge in [-0.3, -0.25) is 24.3 Å². The molecule has 4 rings (SSSR count). The quantitative estimate of drug-likeness (QED) is 0.393. The number of para-hydroxylation sites is 2. The first kappa shape index (κ1) is 20.0. The molecule has 0 bridgehead atoms. The van der Waals surface area contributed by atoms with Gasteiger partial charge >= 0.3 is 0 Å². The van der Waals surface area contributed by atoms with E-state index in [1.807, 2.05) is 31.2 Å². The van der Waals surface area contributed by atoms with E-state index in [0.717, 1.165) is 11.1 Å². The largest absolute Gasteiger partial charge is 0.316 e. The SMILES string of the molecule is Cc1ccc(Cn2c(=O)c(C(=O)Nc3ccccc3[N+](=O)[O-])cc3cccnc32)cc1. The number of nitrogens with one attached hydrogen (secondary N) is 1. The number of pyridine rings is 2. The van der Waals surface area contributed by atoms with Crippen LogP contribution in [0, 0.1) is 17.0 Å². The molecule has 0 saturated carbocycles. The fraction of sp³-hybridized carbons (Fsp3) is 0.0870. The molecule has 0 aliphatic heterocycles. The Bertz CT molecular complexity index is 1360. The molecule has 8 heteroatoms. The van der Waals surface area contributed by atoms with Crippen LogP contribution < -0.4 is 10.9 Å². The van der Waals surface area contributed by atoms with Crippen molar-refractivity contribution in [2.75, 3.05) is 5.32 Å². The van der Waals surface area contributed by atoms with E-state index in [2.05, 4.69) is 10.3 Å². The Morgan fingerprint density at radius 1 is 1.10 bits per heavy atom. The number of carbonyl (C=O) groups excluding carboxylic acids is 1. The molecule has 0 saturated heterocycles. The highest BCUT2D eigenvalue weighted by atomic mass is 16.6. The molecule has 0 unspecified atom stereocenters. The van der Waals surface area contributed by atoms with Gasteiger partial charge in [-0.05, 0) is 36.8 Å². The second-order valence-electron chi connectivity index (χ2n) is 7.08. The molecule has 2 heterocycles. The van der Waals surface area contributed by atoms with Gasteiger partial charge in [-0.15, -0.1) is 0 Å². The predicted octanol–water partition coefficient (Wildman–Crippen LogP) is 3.91. The van der Waals surface area contributed by atoms with Crippen molar-refractivity contribution in [3.05, 3.63) is 110 Å². The van der Waals surface area contributed by atoms with Crippen LogP contribution in [0.2, 0.25) is 0 Å². The van der Waals surface area contributed by atoms with Crippen LogP contribution in [0.15, 0.2) is 77.7 Å².